The van der Waals surface area contributed by atoms with Gasteiger partial charge in [0.15, 0.2) is 0 Å². The first-order valence-corrected chi connectivity index (χ1v) is 9.31. The van der Waals surface area contributed by atoms with Crippen LogP contribution in [0.2, 0.25) is 0 Å². The van der Waals surface area contributed by atoms with E-state index in [1.807, 2.05) is 0 Å². The Labute approximate surface area is 155 Å². The molecule has 0 unspecified atom stereocenters. The highest BCUT2D eigenvalue weighted by molar-refractivity contribution is 7.92. The van der Waals surface area contributed by atoms with Crippen LogP contribution in [0.15, 0.2) is 35.2 Å². The Balaban J connectivity index is 2.57. The van der Waals surface area contributed by atoms with Crippen molar-refractivity contribution in [2.75, 3.05) is 4.72 Å². The molecule has 2 rings (SSSR count). The lowest BCUT2D eigenvalue weighted by Gasteiger charge is -2.17. The molecule has 0 spiro atoms. The van der Waals surface area contributed by atoms with E-state index in [1.54, 1.807) is 13.8 Å². The van der Waals surface area contributed by atoms with Crippen molar-refractivity contribution in [1.29, 1.82) is 0 Å². The number of aromatic hydroxyl groups is 1. The van der Waals surface area contributed by atoms with Crippen LogP contribution >= 0.6 is 0 Å². The molecule has 0 heterocycles. The van der Waals surface area contributed by atoms with Crippen molar-refractivity contribution in [3.8, 4) is 5.75 Å². The molecule has 144 valence electrons. The molecule has 3 N–H and O–H groups in total. The molecule has 0 aromatic heterocycles. The van der Waals surface area contributed by atoms with Crippen LogP contribution in [0.25, 0.3) is 0 Å². The Morgan fingerprint density at radius 1 is 1.22 bits per heavy atom. The Bertz CT molecular complexity index is 1010. The fraction of sp³-hybridized carbons (Fsp3) is 0.235. The Morgan fingerprint density at radius 2 is 1.78 bits per heavy atom. The van der Waals surface area contributed by atoms with E-state index in [9.17, 15) is 33.5 Å². The maximum absolute atomic E-state index is 12.8. The van der Waals surface area contributed by atoms with E-state index < -0.39 is 32.2 Å². The van der Waals surface area contributed by atoms with Gasteiger partial charge in [-0.05, 0) is 42.2 Å². The summed E-state index contributed by atoms with van der Waals surface area (Å²) in [7, 11) is -4.20. The number of carbonyl (C=O) groups is 1. The van der Waals surface area contributed by atoms with Crippen molar-refractivity contribution in [1.82, 2.24) is 0 Å². The van der Waals surface area contributed by atoms with Gasteiger partial charge in [0.2, 0.25) is 0 Å². The Kier molecular flexibility index (Phi) is 5.41. The number of hydrogen-bond acceptors (Lipinski definition) is 6. The van der Waals surface area contributed by atoms with E-state index in [1.165, 1.54) is 25.1 Å². The van der Waals surface area contributed by atoms with Gasteiger partial charge in [-0.2, -0.15) is 0 Å². The highest BCUT2D eigenvalue weighted by atomic mass is 32.2. The van der Waals surface area contributed by atoms with Crippen molar-refractivity contribution in [2.24, 2.45) is 0 Å². The number of aromatic carboxylic acids is 1. The maximum atomic E-state index is 12.8. The molecule has 0 bridgehead atoms. The van der Waals surface area contributed by atoms with Crippen LogP contribution in [0.3, 0.4) is 0 Å². The van der Waals surface area contributed by atoms with E-state index in [-0.39, 0.29) is 33.3 Å². The molecule has 9 nitrogen and oxygen atoms in total. The fourth-order valence-corrected chi connectivity index (χ4v) is 3.95. The summed E-state index contributed by atoms with van der Waals surface area (Å²) in [5.74, 6) is -2.24. The molecule has 0 aliphatic carbocycles. The maximum Gasteiger partial charge on any atom is 0.339 e. The van der Waals surface area contributed by atoms with Gasteiger partial charge in [-0.1, -0.05) is 13.8 Å². The molecule has 0 aliphatic heterocycles. The monoisotopic (exact) mass is 394 g/mol. The summed E-state index contributed by atoms with van der Waals surface area (Å²) in [6.45, 7) is 4.67. The number of nitrogens with zero attached hydrogens (tertiary/aromatic N) is 1. The largest absolute Gasteiger partial charge is 0.507 e. The lowest BCUT2D eigenvalue weighted by molar-refractivity contribution is -0.384. The van der Waals surface area contributed by atoms with Gasteiger partial charge >= 0.3 is 5.97 Å². The average molecular weight is 394 g/mol. The normalized spacial score (nSPS) is 11.4. The van der Waals surface area contributed by atoms with E-state index in [2.05, 4.69) is 4.72 Å². The van der Waals surface area contributed by atoms with Gasteiger partial charge in [-0.15, -0.1) is 0 Å². The van der Waals surface area contributed by atoms with Gasteiger partial charge in [-0.25, -0.2) is 13.2 Å². The van der Waals surface area contributed by atoms with E-state index in [4.69, 9.17) is 0 Å². The van der Waals surface area contributed by atoms with Gasteiger partial charge in [-0.3, -0.25) is 14.8 Å². The summed E-state index contributed by atoms with van der Waals surface area (Å²) in [5.41, 5.74) is -0.531. The van der Waals surface area contributed by atoms with Gasteiger partial charge in [0.1, 0.15) is 11.3 Å². The first-order valence-electron chi connectivity index (χ1n) is 7.82. The summed E-state index contributed by atoms with van der Waals surface area (Å²) in [6, 6.07) is 5.97. The Hall–Kier alpha value is -3.14. The average Bonchev–Trinajstić information content (AvgIpc) is 2.54. The summed E-state index contributed by atoms with van der Waals surface area (Å²) >= 11 is 0. The molecule has 2 aromatic rings. The number of anilines is 1. The van der Waals surface area contributed by atoms with Crippen LogP contribution < -0.4 is 4.72 Å². The van der Waals surface area contributed by atoms with Crippen molar-refractivity contribution in [3.05, 3.63) is 57.1 Å². The van der Waals surface area contributed by atoms with Crippen LogP contribution in [0, 0.1) is 17.0 Å². The minimum absolute atomic E-state index is 0.0797. The summed E-state index contributed by atoms with van der Waals surface area (Å²) in [5, 5.41) is 30.3. The van der Waals surface area contributed by atoms with Crippen molar-refractivity contribution < 1.29 is 28.3 Å². The van der Waals surface area contributed by atoms with Crippen LogP contribution in [0.1, 0.15) is 41.3 Å². The van der Waals surface area contributed by atoms with Gasteiger partial charge in [0.05, 0.1) is 9.82 Å². The molecule has 27 heavy (non-hydrogen) atoms. The lowest BCUT2D eigenvalue weighted by Crippen LogP contribution is -2.17. The van der Waals surface area contributed by atoms with Crippen LogP contribution in [-0.2, 0) is 10.0 Å². The zero-order valence-corrected chi connectivity index (χ0v) is 15.6. The van der Waals surface area contributed by atoms with Gasteiger partial charge in [0, 0.05) is 17.8 Å². The van der Waals surface area contributed by atoms with Crippen LogP contribution in [-0.4, -0.2) is 29.5 Å². The van der Waals surface area contributed by atoms with Crippen LogP contribution in [0.5, 0.6) is 5.75 Å². The molecule has 0 aliphatic rings. The van der Waals surface area contributed by atoms with E-state index in [0.29, 0.717) is 0 Å². The molecule has 2 aromatic carbocycles. The molecule has 0 atom stereocenters. The molecule has 0 fully saturated rings. The van der Waals surface area contributed by atoms with Gasteiger partial charge in [0.25, 0.3) is 15.7 Å². The molecular weight excluding hydrogens is 376 g/mol. The highest BCUT2D eigenvalue weighted by Crippen LogP contribution is 2.36. The van der Waals surface area contributed by atoms with E-state index >= 15 is 0 Å². The molecule has 0 saturated heterocycles. The van der Waals surface area contributed by atoms with Crippen molar-refractivity contribution >= 4 is 27.4 Å². The van der Waals surface area contributed by atoms with Gasteiger partial charge < -0.3 is 10.2 Å². The Morgan fingerprint density at radius 3 is 2.22 bits per heavy atom. The molecule has 10 heteroatoms. The minimum atomic E-state index is -4.20. The third kappa shape index (κ3) is 4.00. The predicted octanol–water partition coefficient (Wildman–Crippen LogP) is 3.23. The topological polar surface area (TPSA) is 147 Å². The second-order valence-corrected chi connectivity index (χ2v) is 7.83. The standard InChI is InChI=1S/C17H18N2O7S/c1-9(2)13-8-14(10(3)15(16(13)20)17(21)22)27(25,26)18-11-4-6-12(7-5-11)19(23)24/h4-9,18,20H,1-3H3,(H,21,22). The number of nitro groups is 1. The summed E-state index contributed by atoms with van der Waals surface area (Å²) in [6.07, 6.45) is 0. The van der Waals surface area contributed by atoms with Crippen molar-refractivity contribution in [3.63, 3.8) is 0 Å². The number of phenols is 1. The summed E-state index contributed by atoms with van der Waals surface area (Å²) in [4.78, 5) is 21.3. The highest BCUT2D eigenvalue weighted by Gasteiger charge is 2.27. The molecule has 0 amide bonds. The number of hydrogen-bond donors (Lipinski definition) is 3. The number of rotatable bonds is 6. The van der Waals surface area contributed by atoms with Crippen LogP contribution in [0.4, 0.5) is 11.4 Å². The smallest absolute Gasteiger partial charge is 0.339 e. The number of nitrogens with one attached hydrogen (secondary N) is 1. The quantitative estimate of drug-likeness (QED) is 0.503. The number of benzene rings is 2. The number of non-ortho nitro benzene ring substituents is 1. The molecule has 0 radical (unpaired) electrons. The zero-order valence-electron chi connectivity index (χ0n) is 14.8. The number of carboxylic acids is 1. The number of sulfonamides is 1. The van der Waals surface area contributed by atoms with Crippen molar-refractivity contribution in [2.45, 2.75) is 31.6 Å². The molecular formula is C17H18N2O7S. The fourth-order valence-electron chi connectivity index (χ4n) is 2.61. The first kappa shape index (κ1) is 20.2. The minimum Gasteiger partial charge on any atom is -0.507 e. The van der Waals surface area contributed by atoms with E-state index in [0.717, 1.165) is 12.1 Å². The second-order valence-electron chi connectivity index (χ2n) is 6.18. The lowest BCUT2D eigenvalue weighted by atomic mass is 9.96. The number of carboxylic acid groups (broad SMARTS) is 1. The second kappa shape index (κ2) is 7.23. The third-order valence-electron chi connectivity index (χ3n) is 4.00. The SMILES string of the molecule is Cc1c(S(=O)(=O)Nc2ccc([N+](=O)[O-])cc2)cc(C(C)C)c(O)c1C(=O)O. The first-order chi connectivity index (χ1) is 12.5. The number of nitro benzene ring substituents is 1. The third-order valence-corrected chi connectivity index (χ3v) is 5.50. The molecule has 0 saturated carbocycles. The zero-order chi connectivity index (χ0) is 20.5. The predicted molar refractivity (Wildman–Crippen MR) is 97.8 cm³/mol. The summed E-state index contributed by atoms with van der Waals surface area (Å²) < 4.78 is 27.8.